The number of carbonyl (C=O) groups excluding carboxylic acids is 1. The summed E-state index contributed by atoms with van der Waals surface area (Å²) in [5, 5.41) is 0. The molecule has 3 atom stereocenters. The van der Waals surface area contributed by atoms with Gasteiger partial charge in [-0.15, -0.1) is 0 Å². The van der Waals surface area contributed by atoms with Gasteiger partial charge in [-0.2, -0.15) is 0 Å². The Morgan fingerprint density at radius 1 is 1.06 bits per heavy atom. The third-order valence-electron chi connectivity index (χ3n) is 7.18. The molecule has 170 valence electrons. The maximum absolute atomic E-state index is 12.9. The monoisotopic (exact) mass is 431 g/mol. The fourth-order valence-electron chi connectivity index (χ4n) is 5.20. The molecule has 1 saturated carbocycles. The van der Waals surface area contributed by atoms with E-state index >= 15 is 0 Å². The lowest BCUT2D eigenvalue weighted by Crippen LogP contribution is -2.34. The van der Waals surface area contributed by atoms with Crippen molar-refractivity contribution in [3.8, 4) is 0 Å². The van der Waals surface area contributed by atoms with E-state index in [9.17, 15) is 4.79 Å². The minimum absolute atomic E-state index is 0.140. The maximum atomic E-state index is 12.9. The minimum atomic E-state index is 0.140. The van der Waals surface area contributed by atoms with Gasteiger partial charge in [-0.1, -0.05) is 69.7 Å². The van der Waals surface area contributed by atoms with Gasteiger partial charge < -0.3 is 9.64 Å². The maximum Gasteiger partial charge on any atom is 0.190 e. The van der Waals surface area contributed by atoms with Crippen LogP contribution in [0.5, 0.6) is 0 Å². The summed E-state index contributed by atoms with van der Waals surface area (Å²) in [4.78, 5) is 15.1. The molecule has 1 aliphatic heterocycles. The zero-order valence-electron chi connectivity index (χ0n) is 19.8. The fourth-order valence-corrected chi connectivity index (χ4v) is 5.20. The second-order valence-electron chi connectivity index (χ2n) is 9.99. The molecule has 0 radical (unpaired) electrons. The molecule has 0 spiro atoms. The fraction of sp³-hybridized carbons (Fsp3) is 0.483. The largest absolute Gasteiger partial charge is 0.373 e. The molecule has 3 heteroatoms. The molecule has 0 amide bonds. The van der Waals surface area contributed by atoms with Crippen LogP contribution < -0.4 is 4.90 Å². The first-order valence-electron chi connectivity index (χ1n) is 12.3. The van der Waals surface area contributed by atoms with Crippen LogP contribution in [0.1, 0.15) is 68.8 Å². The van der Waals surface area contributed by atoms with Crippen LogP contribution >= 0.6 is 0 Å². The van der Waals surface area contributed by atoms with Gasteiger partial charge in [0.25, 0.3) is 0 Å². The van der Waals surface area contributed by atoms with E-state index in [1.807, 2.05) is 36.5 Å². The first kappa shape index (κ1) is 22.8. The Labute approximate surface area is 193 Å². The Hall–Kier alpha value is -2.39. The normalized spacial score (nSPS) is 23.8. The number of ether oxygens (including phenoxy) is 1. The van der Waals surface area contributed by atoms with Crippen LogP contribution in [0.3, 0.4) is 0 Å². The lowest BCUT2D eigenvalue weighted by molar-refractivity contribution is -0.0472. The summed E-state index contributed by atoms with van der Waals surface area (Å²) in [6.07, 6.45) is 8.04. The van der Waals surface area contributed by atoms with E-state index in [1.54, 1.807) is 0 Å². The van der Waals surface area contributed by atoms with Gasteiger partial charge in [0, 0.05) is 29.6 Å². The van der Waals surface area contributed by atoms with E-state index in [4.69, 9.17) is 4.74 Å². The number of hydrogen-bond donors (Lipinski definition) is 0. The first-order valence-corrected chi connectivity index (χ1v) is 12.3. The van der Waals surface area contributed by atoms with Gasteiger partial charge in [-0.25, -0.2) is 0 Å². The molecule has 1 fully saturated rings. The summed E-state index contributed by atoms with van der Waals surface area (Å²) in [6, 6.07) is 18.3. The molecule has 0 saturated heterocycles. The quantitative estimate of drug-likeness (QED) is 0.441. The number of ketones is 1. The Morgan fingerprint density at radius 2 is 1.81 bits per heavy atom. The highest BCUT2D eigenvalue weighted by molar-refractivity contribution is 6.09. The lowest BCUT2D eigenvalue weighted by atomic mass is 9.75. The SMILES string of the molecule is CC(C)[C@H]1CC[C@H](C)C[C@@H]1OCc1ccc(N2C=C(C(=O)c3ccccc3)CCC2)cc1. The summed E-state index contributed by atoms with van der Waals surface area (Å²) in [5.41, 5.74) is 4.01. The zero-order valence-corrected chi connectivity index (χ0v) is 19.8. The van der Waals surface area contributed by atoms with Gasteiger partial charge in [0.1, 0.15) is 0 Å². The number of benzene rings is 2. The summed E-state index contributed by atoms with van der Waals surface area (Å²) in [6.45, 7) is 8.63. The van der Waals surface area contributed by atoms with Crippen molar-refractivity contribution < 1.29 is 9.53 Å². The van der Waals surface area contributed by atoms with Crippen molar-refractivity contribution in [3.05, 3.63) is 77.5 Å². The van der Waals surface area contributed by atoms with Gasteiger partial charge in [-0.05, 0) is 61.1 Å². The average Bonchev–Trinajstić information content (AvgIpc) is 2.83. The van der Waals surface area contributed by atoms with Crippen LogP contribution in [0.15, 0.2) is 66.4 Å². The van der Waals surface area contributed by atoms with E-state index in [0.29, 0.717) is 24.5 Å². The third-order valence-corrected chi connectivity index (χ3v) is 7.18. The van der Waals surface area contributed by atoms with E-state index in [2.05, 4.69) is 49.9 Å². The highest BCUT2D eigenvalue weighted by Gasteiger charge is 2.31. The lowest BCUT2D eigenvalue weighted by Gasteiger charge is -2.37. The smallest absolute Gasteiger partial charge is 0.190 e. The summed E-state index contributed by atoms with van der Waals surface area (Å²) >= 11 is 0. The van der Waals surface area contributed by atoms with Crippen LogP contribution in [-0.2, 0) is 11.3 Å². The number of hydrogen-bond acceptors (Lipinski definition) is 3. The summed E-state index contributed by atoms with van der Waals surface area (Å²) in [7, 11) is 0. The first-order chi connectivity index (χ1) is 15.5. The van der Waals surface area contributed by atoms with Gasteiger partial charge in [0.15, 0.2) is 5.78 Å². The Bertz CT molecular complexity index is 916. The molecule has 32 heavy (non-hydrogen) atoms. The van der Waals surface area contributed by atoms with Crippen molar-refractivity contribution in [1.29, 1.82) is 0 Å². The van der Waals surface area contributed by atoms with Crippen molar-refractivity contribution >= 4 is 11.5 Å². The van der Waals surface area contributed by atoms with Gasteiger partial charge in [-0.3, -0.25) is 4.79 Å². The molecule has 2 aliphatic rings. The van der Waals surface area contributed by atoms with Crippen molar-refractivity contribution in [1.82, 2.24) is 0 Å². The van der Waals surface area contributed by atoms with Crippen molar-refractivity contribution in [2.75, 3.05) is 11.4 Å². The van der Waals surface area contributed by atoms with Crippen molar-refractivity contribution in [2.24, 2.45) is 17.8 Å². The average molecular weight is 432 g/mol. The molecule has 3 nitrogen and oxygen atoms in total. The molecule has 0 N–H and O–H groups in total. The molecular weight excluding hydrogens is 394 g/mol. The van der Waals surface area contributed by atoms with Crippen LogP contribution in [0.2, 0.25) is 0 Å². The summed E-state index contributed by atoms with van der Waals surface area (Å²) in [5.74, 6) is 2.25. The van der Waals surface area contributed by atoms with Crippen molar-refractivity contribution in [2.45, 2.75) is 65.6 Å². The van der Waals surface area contributed by atoms with Crippen LogP contribution in [0, 0.1) is 17.8 Å². The van der Waals surface area contributed by atoms with E-state index in [-0.39, 0.29) is 5.78 Å². The number of allylic oxidation sites excluding steroid dienone is 1. The van der Waals surface area contributed by atoms with Gasteiger partial charge in [0.2, 0.25) is 0 Å². The molecule has 2 aromatic rings. The second kappa shape index (κ2) is 10.5. The second-order valence-corrected chi connectivity index (χ2v) is 9.99. The van der Waals surface area contributed by atoms with Gasteiger partial charge in [0.05, 0.1) is 12.7 Å². The number of nitrogens with zero attached hydrogens (tertiary/aromatic N) is 1. The zero-order chi connectivity index (χ0) is 22.5. The highest BCUT2D eigenvalue weighted by Crippen LogP contribution is 2.36. The number of Topliss-reactive ketones (excluding diaryl/α,β-unsaturated/α-hetero) is 1. The topological polar surface area (TPSA) is 29.5 Å². The number of anilines is 1. The molecule has 1 aliphatic carbocycles. The summed E-state index contributed by atoms with van der Waals surface area (Å²) < 4.78 is 6.43. The molecule has 4 rings (SSSR count). The van der Waals surface area contributed by atoms with Crippen LogP contribution in [0.25, 0.3) is 0 Å². The number of carbonyl (C=O) groups is 1. The molecule has 0 aromatic heterocycles. The Kier molecular flexibility index (Phi) is 7.47. The molecule has 1 heterocycles. The Balaban J connectivity index is 1.39. The van der Waals surface area contributed by atoms with Crippen molar-refractivity contribution in [3.63, 3.8) is 0 Å². The minimum Gasteiger partial charge on any atom is -0.373 e. The Morgan fingerprint density at radius 3 is 2.53 bits per heavy atom. The van der Waals surface area contributed by atoms with Crippen LogP contribution in [-0.4, -0.2) is 18.4 Å². The van der Waals surface area contributed by atoms with Crippen LogP contribution in [0.4, 0.5) is 5.69 Å². The third kappa shape index (κ3) is 5.50. The van der Waals surface area contributed by atoms with E-state index in [1.165, 1.54) is 24.8 Å². The van der Waals surface area contributed by atoms with E-state index < -0.39 is 0 Å². The standard InChI is InChI=1S/C29H37NO2/c1-21(2)27-16-11-22(3)18-28(27)32-20-23-12-14-26(15-13-23)30-17-7-10-25(19-30)29(31)24-8-5-4-6-9-24/h4-6,8-9,12-15,19,21-22,27-28H,7,10-11,16-18,20H2,1-3H3/t22-,27+,28-/m0/s1. The molecule has 0 bridgehead atoms. The molecule has 0 unspecified atom stereocenters. The predicted octanol–water partition coefficient (Wildman–Crippen LogP) is 7.03. The number of rotatable bonds is 7. The molecular formula is C29H37NO2. The van der Waals surface area contributed by atoms with Gasteiger partial charge >= 0.3 is 0 Å². The highest BCUT2D eigenvalue weighted by atomic mass is 16.5. The van der Waals surface area contributed by atoms with E-state index in [0.717, 1.165) is 42.1 Å². The molecule has 2 aromatic carbocycles. The predicted molar refractivity (Wildman–Crippen MR) is 132 cm³/mol.